The zero-order valence-corrected chi connectivity index (χ0v) is 11.9. The first-order valence-electron chi connectivity index (χ1n) is 7.03. The molecule has 0 saturated carbocycles. The lowest BCUT2D eigenvalue weighted by molar-refractivity contribution is -0.115. The van der Waals surface area contributed by atoms with E-state index in [1.165, 1.54) is 10.8 Å². The molecule has 0 aromatic heterocycles. The summed E-state index contributed by atoms with van der Waals surface area (Å²) in [6.45, 7) is 0. The van der Waals surface area contributed by atoms with Crippen LogP contribution in [-0.4, -0.2) is 5.91 Å². The average molecular weight is 286 g/mol. The second kappa shape index (κ2) is 6.11. The molecule has 3 rings (SSSR count). The van der Waals surface area contributed by atoms with Crippen molar-refractivity contribution in [2.24, 2.45) is 0 Å². The van der Waals surface area contributed by atoms with Crippen LogP contribution in [0.15, 0.2) is 66.7 Å². The Kier molecular flexibility index (Phi) is 3.84. The van der Waals surface area contributed by atoms with Gasteiger partial charge in [-0.25, -0.2) is 0 Å². The first kappa shape index (κ1) is 13.8. The molecular formula is C19H14N2O. The normalized spacial score (nSPS) is 10.1. The Morgan fingerprint density at radius 2 is 1.68 bits per heavy atom. The Balaban J connectivity index is 1.92. The Bertz CT molecular complexity index is 855. The minimum atomic E-state index is -0.291. The summed E-state index contributed by atoms with van der Waals surface area (Å²) in [6.07, 6.45) is -0.134. The molecule has 0 aliphatic carbocycles. The summed E-state index contributed by atoms with van der Waals surface area (Å²) >= 11 is 0. The van der Waals surface area contributed by atoms with Crippen molar-refractivity contribution in [3.63, 3.8) is 0 Å². The van der Waals surface area contributed by atoms with Crippen molar-refractivity contribution in [3.05, 3.63) is 66.7 Å². The van der Waals surface area contributed by atoms with Gasteiger partial charge < -0.3 is 5.32 Å². The molecular weight excluding hydrogens is 272 g/mol. The first-order valence-corrected chi connectivity index (χ1v) is 7.03. The molecule has 3 aromatic rings. The van der Waals surface area contributed by atoms with E-state index < -0.39 is 0 Å². The van der Waals surface area contributed by atoms with Crippen molar-refractivity contribution in [2.75, 3.05) is 5.32 Å². The molecule has 0 heterocycles. The van der Waals surface area contributed by atoms with Gasteiger partial charge in [0, 0.05) is 5.69 Å². The first-order chi connectivity index (χ1) is 10.8. The average Bonchev–Trinajstić information content (AvgIpc) is 2.55. The Morgan fingerprint density at radius 1 is 0.955 bits per heavy atom. The van der Waals surface area contributed by atoms with Crippen LogP contribution >= 0.6 is 0 Å². The molecule has 3 heteroatoms. The molecule has 0 atom stereocenters. The highest BCUT2D eigenvalue weighted by Gasteiger charge is 2.05. The predicted molar refractivity (Wildman–Crippen MR) is 88.2 cm³/mol. The highest BCUT2D eigenvalue weighted by atomic mass is 16.1. The summed E-state index contributed by atoms with van der Waals surface area (Å²) < 4.78 is 0. The number of anilines is 1. The van der Waals surface area contributed by atoms with E-state index in [4.69, 9.17) is 5.26 Å². The molecule has 3 nitrogen and oxygen atoms in total. The standard InChI is InChI=1S/C19H14N2O/c20-13-12-19(22)21-16-10-8-15(9-11-16)18-7-3-5-14-4-1-2-6-17(14)18/h1-11H,12H2,(H,21,22). The minimum Gasteiger partial charge on any atom is -0.325 e. The van der Waals surface area contributed by atoms with Gasteiger partial charge in [0.1, 0.15) is 6.42 Å². The second-order valence-corrected chi connectivity index (χ2v) is 4.99. The number of benzene rings is 3. The van der Waals surface area contributed by atoms with E-state index in [1.807, 2.05) is 48.5 Å². The largest absolute Gasteiger partial charge is 0.325 e. The molecule has 22 heavy (non-hydrogen) atoms. The number of amides is 1. The molecule has 0 radical (unpaired) electrons. The van der Waals surface area contributed by atoms with Gasteiger partial charge in [0.25, 0.3) is 0 Å². The van der Waals surface area contributed by atoms with Crippen molar-refractivity contribution in [2.45, 2.75) is 6.42 Å². The van der Waals surface area contributed by atoms with Crippen LogP contribution in [0.25, 0.3) is 21.9 Å². The Hall–Kier alpha value is -3.12. The zero-order valence-electron chi connectivity index (χ0n) is 11.9. The number of nitrogens with zero attached hydrogens (tertiary/aromatic N) is 1. The number of carbonyl (C=O) groups is 1. The monoisotopic (exact) mass is 286 g/mol. The molecule has 0 saturated heterocycles. The van der Waals surface area contributed by atoms with Crippen LogP contribution < -0.4 is 5.32 Å². The van der Waals surface area contributed by atoms with Crippen LogP contribution in [0.2, 0.25) is 0 Å². The van der Waals surface area contributed by atoms with Gasteiger partial charge in [-0.15, -0.1) is 0 Å². The maximum atomic E-state index is 11.4. The van der Waals surface area contributed by atoms with Gasteiger partial charge in [-0.1, -0.05) is 54.6 Å². The fourth-order valence-electron chi connectivity index (χ4n) is 2.49. The van der Waals surface area contributed by atoms with E-state index in [1.54, 1.807) is 0 Å². The van der Waals surface area contributed by atoms with Gasteiger partial charge in [0.15, 0.2) is 0 Å². The molecule has 0 aliphatic heterocycles. The lowest BCUT2D eigenvalue weighted by Gasteiger charge is -2.08. The van der Waals surface area contributed by atoms with Crippen molar-refractivity contribution in [1.29, 1.82) is 5.26 Å². The van der Waals surface area contributed by atoms with Gasteiger partial charge in [-0.3, -0.25) is 4.79 Å². The maximum absolute atomic E-state index is 11.4. The molecule has 0 unspecified atom stereocenters. The van der Waals surface area contributed by atoms with E-state index in [9.17, 15) is 4.79 Å². The van der Waals surface area contributed by atoms with Crippen LogP contribution in [-0.2, 0) is 4.79 Å². The topological polar surface area (TPSA) is 52.9 Å². The minimum absolute atomic E-state index is 0.134. The van der Waals surface area contributed by atoms with Crippen molar-refractivity contribution >= 4 is 22.4 Å². The number of nitriles is 1. The summed E-state index contributed by atoms with van der Waals surface area (Å²) in [5.41, 5.74) is 2.95. The predicted octanol–water partition coefficient (Wildman–Crippen LogP) is 4.36. The lowest BCUT2D eigenvalue weighted by Crippen LogP contribution is -2.09. The fourth-order valence-corrected chi connectivity index (χ4v) is 2.49. The molecule has 0 aliphatic rings. The van der Waals surface area contributed by atoms with Gasteiger partial charge in [-0.2, -0.15) is 5.26 Å². The number of rotatable bonds is 3. The summed E-state index contributed by atoms with van der Waals surface area (Å²) in [4.78, 5) is 11.4. The van der Waals surface area contributed by atoms with Crippen molar-refractivity contribution in [1.82, 2.24) is 0 Å². The van der Waals surface area contributed by atoms with Crippen LogP contribution in [0.1, 0.15) is 6.42 Å². The third kappa shape index (κ3) is 2.82. The van der Waals surface area contributed by atoms with Crippen LogP contribution in [0.5, 0.6) is 0 Å². The number of carbonyl (C=O) groups excluding carboxylic acids is 1. The summed E-state index contributed by atoms with van der Waals surface area (Å²) in [5.74, 6) is -0.291. The fraction of sp³-hybridized carbons (Fsp3) is 0.0526. The molecule has 3 aromatic carbocycles. The molecule has 0 bridgehead atoms. The summed E-state index contributed by atoms with van der Waals surface area (Å²) in [7, 11) is 0. The second-order valence-electron chi connectivity index (χ2n) is 4.99. The zero-order chi connectivity index (χ0) is 15.4. The lowest BCUT2D eigenvalue weighted by atomic mass is 9.98. The number of fused-ring (bicyclic) bond motifs is 1. The Morgan fingerprint density at radius 3 is 2.45 bits per heavy atom. The molecule has 1 N–H and O–H groups in total. The van der Waals surface area contributed by atoms with E-state index in [0.717, 1.165) is 11.1 Å². The highest BCUT2D eigenvalue weighted by molar-refractivity contribution is 5.97. The maximum Gasteiger partial charge on any atom is 0.238 e. The van der Waals surface area contributed by atoms with E-state index in [0.29, 0.717) is 5.69 Å². The third-order valence-electron chi connectivity index (χ3n) is 3.51. The van der Waals surface area contributed by atoms with Crippen molar-refractivity contribution in [3.8, 4) is 17.2 Å². The van der Waals surface area contributed by atoms with Gasteiger partial charge in [-0.05, 0) is 34.0 Å². The number of hydrogen-bond acceptors (Lipinski definition) is 2. The number of hydrogen-bond donors (Lipinski definition) is 1. The van der Waals surface area contributed by atoms with Gasteiger partial charge >= 0.3 is 0 Å². The van der Waals surface area contributed by atoms with Gasteiger partial charge in [0.05, 0.1) is 6.07 Å². The van der Waals surface area contributed by atoms with Crippen LogP contribution in [0.3, 0.4) is 0 Å². The van der Waals surface area contributed by atoms with E-state index >= 15 is 0 Å². The molecule has 0 fully saturated rings. The summed E-state index contributed by atoms with van der Waals surface area (Å²) in [6, 6.07) is 24.0. The van der Waals surface area contributed by atoms with E-state index in [2.05, 4.69) is 29.6 Å². The molecule has 1 amide bonds. The highest BCUT2D eigenvalue weighted by Crippen LogP contribution is 2.29. The number of nitrogens with one attached hydrogen (secondary N) is 1. The SMILES string of the molecule is N#CCC(=O)Nc1ccc(-c2cccc3ccccc23)cc1. The molecule has 106 valence electrons. The third-order valence-corrected chi connectivity index (χ3v) is 3.51. The van der Waals surface area contributed by atoms with E-state index in [-0.39, 0.29) is 12.3 Å². The molecule has 0 spiro atoms. The van der Waals surface area contributed by atoms with Gasteiger partial charge in [0.2, 0.25) is 5.91 Å². The van der Waals surface area contributed by atoms with Crippen LogP contribution in [0.4, 0.5) is 5.69 Å². The quantitative estimate of drug-likeness (QED) is 0.777. The van der Waals surface area contributed by atoms with Crippen LogP contribution in [0, 0.1) is 11.3 Å². The Labute approximate surface area is 128 Å². The van der Waals surface area contributed by atoms with Crippen molar-refractivity contribution < 1.29 is 4.79 Å². The smallest absolute Gasteiger partial charge is 0.238 e. The summed E-state index contributed by atoms with van der Waals surface area (Å²) in [5, 5.41) is 13.6.